The Morgan fingerprint density at radius 1 is 1.30 bits per heavy atom. The second kappa shape index (κ2) is 6.68. The van der Waals surface area contributed by atoms with Crippen LogP contribution in [-0.4, -0.2) is 16.9 Å². The molecule has 5 heteroatoms. The minimum atomic E-state index is -0.186. The third-order valence-electron chi connectivity index (χ3n) is 2.98. The van der Waals surface area contributed by atoms with E-state index in [1.54, 1.807) is 12.3 Å². The lowest BCUT2D eigenvalue weighted by Crippen LogP contribution is -2.34. The number of hydrogen-bond acceptors (Lipinski definition) is 4. The zero-order valence-electron chi connectivity index (χ0n) is 11.3. The van der Waals surface area contributed by atoms with Gasteiger partial charge in [-0.2, -0.15) is 0 Å². The zero-order valence-corrected chi connectivity index (χ0v) is 11.3. The summed E-state index contributed by atoms with van der Waals surface area (Å²) in [6.45, 7) is 1.97. The van der Waals surface area contributed by atoms with Crippen molar-refractivity contribution in [1.82, 2.24) is 10.3 Å². The number of hydrogen-bond donors (Lipinski definition) is 3. The summed E-state index contributed by atoms with van der Waals surface area (Å²) in [5.74, 6) is 5.20. The molecular formula is C15H18N4O. The molecule has 0 aliphatic carbocycles. The lowest BCUT2D eigenvalue weighted by atomic mass is 10.1. The number of hydrazine groups is 1. The highest BCUT2D eigenvalue weighted by molar-refractivity contribution is 5.99. The summed E-state index contributed by atoms with van der Waals surface area (Å²) in [6, 6.07) is 11.7. The summed E-state index contributed by atoms with van der Waals surface area (Å²) in [5, 5.41) is 2.94. The van der Waals surface area contributed by atoms with Gasteiger partial charge in [0.1, 0.15) is 0 Å². The van der Waals surface area contributed by atoms with Crippen LogP contribution in [0.5, 0.6) is 0 Å². The minimum absolute atomic E-state index is 0.0238. The molecular weight excluding hydrogens is 252 g/mol. The Labute approximate surface area is 118 Å². The first-order chi connectivity index (χ1) is 9.70. The van der Waals surface area contributed by atoms with Crippen molar-refractivity contribution in [2.45, 2.75) is 19.4 Å². The maximum Gasteiger partial charge on any atom is 0.255 e. The first-order valence-electron chi connectivity index (χ1n) is 6.46. The molecule has 20 heavy (non-hydrogen) atoms. The highest BCUT2D eigenvalue weighted by atomic mass is 16.1. The van der Waals surface area contributed by atoms with E-state index in [1.807, 2.05) is 37.3 Å². The number of benzene rings is 1. The lowest BCUT2D eigenvalue weighted by Gasteiger charge is -2.15. The Morgan fingerprint density at radius 3 is 2.75 bits per heavy atom. The van der Waals surface area contributed by atoms with Gasteiger partial charge in [-0.3, -0.25) is 15.6 Å². The van der Waals surface area contributed by atoms with Crippen LogP contribution in [0.4, 0.5) is 5.69 Å². The van der Waals surface area contributed by atoms with Gasteiger partial charge in [-0.05, 0) is 25.0 Å². The maximum atomic E-state index is 12.2. The van der Waals surface area contributed by atoms with Gasteiger partial charge in [-0.1, -0.05) is 30.3 Å². The number of carbonyl (C=O) groups is 1. The van der Waals surface area contributed by atoms with Crippen LogP contribution in [0.3, 0.4) is 0 Å². The molecule has 0 spiro atoms. The van der Waals surface area contributed by atoms with Gasteiger partial charge in [-0.25, -0.2) is 0 Å². The van der Waals surface area contributed by atoms with E-state index in [0.717, 1.165) is 6.42 Å². The average molecular weight is 270 g/mol. The second-order valence-electron chi connectivity index (χ2n) is 4.63. The number of nitrogens with one attached hydrogen (secondary N) is 2. The van der Waals surface area contributed by atoms with Crippen LogP contribution in [-0.2, 0) is 6.42 Å². The van der Waals surface area contributed by atoms with Crippen LogP contribution >= 0.6 is 0 Å². The lowest BCUT2D eigenvalue weighted by molar-refractivity contribution is 0.0940. The van der Waals surface area contributed by atoms with Gasteiger partial charge >= 0.3 is 0 Å². The predicted octanol–water partition coefficient (Wildman–Crippen LogP) is 1.73. The standard InChI is InChI=1S/C15H18N4O/c1-11(9-12-5-3-2-4-6-12)18-15(20)13-10-17-8-7-14(13)19-16/h2-8,10-11H,9,16H2,1H3,(H,17,19)(H,18,20). The van der Waals surface area contributed by atoms with Crippen LogP contribution in [0, 0.1) is 0 Å². The molecule has 0 saturated carbocycles. The molecule has 1 unspecified atom stereocenters. The van der Waals surface area contributed by atoms with Gasteiger partial charge in [0.05, 0.1) is 11.3 Å². The van der Waals surface area contributed by atoms with Gasteiger partial charge < -0.3 is 10.7 Å². The molecule has 104 valence electrons. The summed E-state index contributed by atoms with van der Waals surface area (Å²) < 4.78 is 0. The highest BCUT2D eigenvalue weighted by Gasteiger charge is 2.13. The molecule has 2 aromatic rings. The molecule has 0 saturated heterocycles. The smallest absolute Gasteiger partial charge is 0.255 e. The van der Waals surface area contributed by atoms with E-state index in [2.05, 4.69) is 15.7 Å². The number of amides is 1. The number of nitrogens with two attached hydrogens (primary N) is 1. The molecule has 5 nitrogen and oxygen atoms in total. The van der Waals surface area contributed by atoms with Crippen LogP contribution < -0.4 is 16.6 Å². The van der Waals surface area contributed by atoms with Gasteiger partial charge in [-0.15, -0.1) is 0 Å². The van der Waals surface area contributed by atoms with E-state index < -0.39 is 0 Å². The molecule has 0 aliphatic heterocycles. The quantitative estimate of drug-likeness (QED) is 0.571. The van der Waals surface area contributed by atoms with Crippen LogP contribution in [0.15, 0.2) is 48.8 Å². The molecule has 1 atom stereocenters. The Hall–Kier alpha value is -2.40. The van der Waals surface area contributed by atoms with Crippen LogP contribution in [0.1, 0.15) is 22.8 Å². The molecule has 1 aromatic heterocycles. The Kier molecular flexibility index (Phi) is 4.68. The summed E-state index contributed by atoms with van der Waals surface area (Å²) in [6.07, 6.45) is 3.86. The fraction of sp³-hybridized carbons (Fsp3) is 0.200. The fourth-order valence-corrected chi connectivity index (χ4v) is 2.02. The van der Waals surface area contributed by atoms with Gasteiger partial charge in [0, 0.05) is 18.4 Å². The summed E-state index contributed by atoms with van der Waals surface area (Å²) in [7, 11) is 0. The largest absolute Gasteiger partial charge is 0.349 e. The molecule has 0 fully saturated rings. The number of pyridine rings is 1. The minimum Gasteiger partial charge on any atom is -0.349 e. The molecule has 1 aromatic carbocycles. The number of aromatic nitrogens is 1. The van der Waals surface area contributed by atoms with Crippen molar-refractivity contribution >= 4 is 11.6 Å². The van der Waals surface area contributed by atoms with Crippen molar-refractivity contribution in [3.63, 3.8) is 0 Å². The van der Waals surface area contributed by atoms with Crippen molar-refractivity contribution < 1.29 is 4.79 Å². The Morgan fingerprint density at radius 2 is 2.05 bits per heavy atom. The van der Waals surface area contributed by atoms with Gasteiger partial charge in [0.15, 0.2) is 0 Å². The molecule has 0 bridgehead atoms. The van der Waals surface area contributed by atoms with Crippen LogP contribution in [0.2, 0.25) is 0 Å². The molecule has 1 heterocycles. The third-order valence-corrected chi connectivity index (χ3v) is 2.98. The molecule has 1 amide bonds. The predicted molar refractivity (Wildman–Crippen MR) is 79.1 cm³/mol. The molecule has 4 N–H and O–H groups in total. The van der Waals surface area contributed by atoms with Crippen LogP contribution in [0.25, 0.3) is 0 Å². The first-order valence-corrected chi connectivity index (χ1v) is 6.46. The van der Waals surface area contributed by atoms with E-state index in [9.17, 15) is 4.79 Å². The number of nitrogens with zero attached hydrogens (tertiary/aromatic N) is 1. The van der Waals surface area contributed by atoms with Gasteiger partial charge in [0.25, 0.3) is 5.91 Å². The van der Waals surface area contributed by atoms with Crippen molar-refractivity contribution in [1.29, 1.82) is 0 Å². The Balaban J connectivity index is 2.00. The molecule has 2 rings (SSSR count). The normalized spacial score (nSPS) is 11.7. The van der Waals surface area contributed by atoms with E-state index >= 15 is 0 Å². The monoisotopic (exact) mass is 270 g/mol. The number of rotatable bonds is 5. The highest BCUT2D eigenvalue weighted by Crippen LogP contribution is 2.12. The van der Waals surface area contributed by atoms with E-state index in [-0.39, 0.29) is 11.9 Å². The third kappa shape index (κ3) is 3.55. The number of nitrogen functional groups attached to an aromatic ring is 1. The second-order valence-corrected chi connectivity index (χ2v) is 4.63. The topological polar surface area (TPSA) is 80.0 Å². The first kappa shape index (κ1) is 14.0. The average Bonchev–Trinajstić information content (AvgIpc) is 2.48. The Bertz CT molecular complexity index is 571. The zero-order chi connectivity index (χ0) is 14.4. The summed E-state index contributed by atoms with van der Waals surface area (Å²) in [4.78, 5) is 16.1. The summed E-state index contributed by atoms with van der Waals surface area (Å²) in [5.41, 5.74) is 4.68. The van der Waals surface area contributed by atoms with Crippen molar-refractivity contribution in [3.8, 4) is 0 Å². The van der Waals surface area contributed by atoms with Gasteiger partial charge in [0.2, 0.25) is 0 Å². The van der Waals surface area contributed by atoms with Crippen molar-refractivity contribution in [2.75, 3.05) is 5.43 Å². The SMILES string of the molecule is CC(Cc1ccccc1)NC(=O)c1cnccc1NN. The van der Waals surface area contributed by atoms with E-state index in [0.29, 0.717) is 11.3 Å². The van der Waals surface area contributed by atoms with E-state index in [1.165, 1.54) is 11.8 Å². The van der Waals surface area contributed by atoms with Crippen molar-refractivity contribution in [2.24, 2.45) is 5.84 Å². The molecule has 0 aliphatic rings. The number of anilines is 1. The maximum absolute atomic E-state index is 12.2. The summed E-state index contributed by atoms with van der Waals surface area (Å²) >= 11 is 0. The number of carbonyl (C=O) groups excluding carboxylic acids is 1. The van der Waals surface area contributed by atoms with E-state index in [4.69, 9.17) is 5.84 Å². The fourth-order valence-electron chi connectivity index (χ4n) is 2.02. The van der Waals surface area contributed by atoms with Crippen molar-refractivity contribution in [3.05, 3.63) is 59.9 Å². The molecule has 0 radical (unpaired) electrons.